The van der Waals surface area contributed by atoms with Crippen molar-refractivity contribution in [2.45, 2.75) is 37.6 Å². The number of para-hydroxylation sites is 1. The lowest BCUT2D eigenvalue weighted by Crippen LogP contribution is -2.43. The van der Waals surface area contributed by atoms with E-state index in [9.17, 15) is 13.2 Å². The summed E-state index contributed by atoms with van der Waals surface area (Å²) in [6.45, 7) is 1.74. The zero-order valence-electron chi connectivity index (χ0n) is 13.8. The number of aromatic nitrogens is 2. The monoisotopic (exact) mass is 358 g/mol. The fourth-order valence-corrected chi connectivity index (χ4v) is 4.41. The summed E-state index contributed by atoms with van der Waals surface area (Å²) in [6, 6.07) is 7.43. The average Bonchev–Trinajstić information content (AvgIpc) is 3.35. The molecule has 0 unspecified atom stereocenters. The van der Waals surface area contributed by atoms with E-state index < -0.39 is 16.1 Å². The molecule has 130 valence electrons. The number of rotatable bonds is 4. The van der Waals surface area contributed by atoms with E-state index in [4.69, 9.17) is 0 Å². The van der Waals surface area contributed by atoms with Gasteiger partial charge < -0.3 is 5.32 Å². The number of fused-ring (bicyclic) bond motifs is 1. The molecule has 1 fully saturated rings. The number of hydrogen-bond donors (Lipinski definition) is 1. The number of nitrogens with zero attached hydrogens (tertiary/aromatic N) is 3. The molecule has 8 heteroatoms. The molecule has 2 amide bonds. The van der Waals surface area contributed by atoms with Crippen LogP contribution in [0.5, 0.6) is 0 Å². The fourth-order valence-electron chi connectivity index (χ4n) is 2.96. The first kappa shape index (κ1) is 16.0. The maximum Gasteiger partial charge on any atom is 0.336 e. The van der Waals surface area contributed by atoms with Crippen molar-refractivity contribution in [1.82, 2.24) is 14.3 Å². The summed E-state index contributed by atoms with van der Waals surface area (Å²) in [4.78, 5) is 21.3. The predicted molar refractivity (Wildman–Crippen MR) is 91.4 cm³/mol. The maximum atomic E-state index is 12.8. The second kappa shape index (κ2) is 5.80. The van der Waals surface area contributed by atoms with Gasteiger partial charge in [0.25, 0.3) is 10.0 Å². The van der Waals surface area contributed by atoms with Crippen LogP contribution in [0, 0.1) is 12.8 Å². The lowest BCUT2D eigenvalue weighted by atomic mass is 10.2. The van der Waals surface area contributed by atoms with E-state index in [-0.39, 0.29) is 11.4 Å². The first-order valence-electron chi connectivity index (χ1n) is 8.19. The van der Waals surface area contributed by atoms with Gasteiger partial charge in [0.1, 0.15) is 10.7 Å². The second-order valence-corrected chi connectivity index (χ2v) is 8.33. The maximum absolute atomic E-state index is 12.8. The number of carbonyl (C=O) groups is 1. The molecule has 2 heterocycles. The van der Waals surface area contributed by atoms with E-state index >= 15 is 0 Å². The first-order valence-corrected chi connectivity index (χ1v) is 9.64. The molecule has 1 aliphatic heterocycles. The zero-order valence-corrected chi connectivity index (χ0v) is 14.6. The van der Waals surface area contributed by atoms with Gasteiger partial charge in [-0.05, 0) is 43.9 Å². The molecule has 0 bridgehead atoms. The molecule has 0 spiro atoms. The van der Waals surface area contributed by atoms with Gasteiger partial charge in [-0.25, -0.2) is 27.5 Å². The number of urea groups is 1. The Bertz CT molecular complexity index is 954. The number of sulfonamides is 1. The van der Waals surface area contributed by atoms with Gasteiger partial charge in [0, 0.05) is 12.1 Å². The van der Waals surface area contributed by atoms with Gasteiger partial charge in [-0.3, -0.25) is 0 Å². The quantitative estimate of drug-likeness (QED) is 0.906. The molecule has 0 atom stereocenters. The highest BCUT2D eigenvalue weighted by Crippen LogP contribution is 2.32. The molecule has 1 aromatic heterocycles. The summed E-state index contributed by atoms with van der Waals surface area (Å²) in [5.41, 5.74) is 1.61. The molecule has 25 heavy (non-hydrogen) atoms. The molecule has 7 nitrogen and oxygen atoms in total. The number of carbonyl (C=O) groups excluding carboxylic acids is 1. The minimum absolute atomic E-state index is 0.0959. The number of benzene rings is 1. The van der Waals surface area contributed by atoms with Crippen molar-refractivity contribution in [3.05, 3.63) is 47.5 Å². The van der Waals surface area contributed by atoms with E-state index in [1.54, 1.807) is 24.3 Å². The van der Waals surface area contributed by atoms with Crippen molar-refractivity contribution in [1.29, 1.82) is 0 Å². The molecule has 0 radical (unpaired) electrons. The molecule has 2 aliphatic rings. The third kappa shape index (κ3) is 3.09. The van der Waals surface area contributed by atoms with Gasteiger partial charge in [0.15, 0.2) is 0 Å². The van der Waals surface area contributed by atoms with Crippen molar-refractivity contribution in [2.75, 3.05) is 5.32 Å². The topological polar surface area (TPSA) is 92.3 Å². The van der Waals surface area contributed by atoms with E-state index in [1.165, 1.54) is 18.9 Å². The van der Waals surface area contributed by atoms with Crippen LogP contribution in [0.15, 0.2) is 35.2 Å². The van der Waals surface area contributed by atoms with Crippen molar-refractivity contribution >= 4 is 21.7 Å². The van der Waals surface area contributed by atoms with Gasteiger partial charge in [0.2, 0.25) is 0 Å². The Kier molecular flexibility index (Phi) is 3.72. The smallest absolute Gasteiger partial charge is 0.306 e. The van der Waals surface area contributed by atoms with Crippen LogP contribution in [0.4, 0.5) is 10.5 Å². The molecular formula is C17H18N4O3S. The Morgan fingerprint density at radius 1 is 1.24 bits per heavy atom. The molecule has 1 aromatic carbocycles. The highest BCUT2D eigenvalue weighted by molar-refractivity contribution is 7.90. The fraction of sp³-hybridized carbons (Fsp3) is 0.353. The summed E-state index contributed by atoms with van der Waals surface area (Å²) in [6.07, 6.45) is 3.18. The minimum Gasteiger partial charge on any atom is -0.306 e. The van der Waals surface area contributed by atoms with Crippen molar-refractivity contribution in [2.24, 2.45) is 5.92 Å². The first-order chi connectivity index (χ1) is 11.9. The summed E-state index contributed by atoms with van der Waals surface area (Å²) in [7, 11) is -3.91. The van der Waals surface area contributed by atoms with Gasteiger partial charge in [0.05, 0.1) is 17.9 Å². The largest absolute Gasteiger partial charge is 0.336 e. The third-order valence-corrected chi connectivity index (χ3v) is 6.14. The van der Waals surface area contributed by atoms with Crippen LogP contribution >= 0.6 is 0 Å². The average molecular weight is 358 g/mol. The summed E-state index contributed by atoms with van der Waals surface area (Å²) in [5, 5.41) is 2.62. The number of amides is 2. The van der Waals surface area contributed by atoms with Crippen LogP contribution in [0.25, 0.3) is 0 Å². The number of hydrogen-bond acceptors (Lipinski definition) is 5. The third-order valence-electron chi connectivity index (χ3n) is 4.35. The van der Waals surface area contributed by atoms with Crippen LogP contribution in [0.2, 0.25) is 0 Å². The van der Waals surface area contributed by atoms with E-state index in [1.807, 2.05) is 6.92 Å². The van der Waals surface area contributed by atoms with Crippen LogP contribution in [-0.2, 0) is 23.0 Å². The molecular weight excluding hydrogens is 340 g/mol. The Morgan fingerprint density at radius 2 is 2.00 bits per heavy atom. The van der Waals surface area contributed by atoms with Crippen LogP contribution < -0.4 is 5.32 Å². The van der Waals surface area contributed by atoms with Gasteiger partial charge in [-0.15, -0.1) is 0 Å². The van der Waals surface area contributed by atoms with E-state index in [0.29, 0.717) is 23.1 Å². The number of aryl methyl sites for hydroxylation is 1. The van der Waals surface area contributed by atoms with Crippen LogP contribution in [-0.4, -0.2) is 28.7 Å². The molecule has 2 aromatic rings. The highest BCUT2D eigenvalue weighted by atomic mass is 32.2. The van der Waals surface area contributed by atoms with Crippen molar-refractivity contribution < 1.29 is 13.2 Å². The van der Waals surface area contributed by atoms with Gasteiger partial charge >= 0.3 is 6.03 Å². The Hall–Kier alpha value is -2.48. The molecule has 0 saturated heterocycles. The Labute approximate surface area is 146 Å². The van der Waals surface area contributed by atoms with Crippen LogP contribution in [0.1, 0.15) is 30.1 Å². The molecule has 1 aliphatic carbocycles. The van der Waals surface area contributed by atoms with Crippen molar-refractivity contribution in [3.8, 4) is 0 Å². The summed E-state index contributed by atoms with van der Waals surface area (Å²) >= 11 is 0. The second-order valence-electron chi connectivity index (χ2n) is 6.50. The Balaban J connectivity index is 1.66. The summed E-state index contributed by atoms with van der Waals surface area (Å²) in [5.74, 6) is 1.34. The highest BCUT2D eigenvalue weighted by Gasteiger charge is 2.36. The van der Waals surface area contributed by atoms with E-state index in [0.717, 1.165) is 16.4 Å². The lowest BCUT2D eigenvalue weighted by molar-refractivity contribution is 0.233. The summed E-state index contributed by atoms with van der Waals surface area (Å²) < 4.78 is 26.4. The standard InChI is InChI=1S/C17H18N4O3S/c1-11-8-13(19-16(18-11)9-12-6-7-12)10-21-17(22)20-14-4-2-3-5-15(14)25(21,23)24/h2-5,8,12H,6-7,9-10H2,1H3,(H,20,22). The van der Waals surface area contributed by atoms with Crippen LogP contribution in [0.3, 0.4) is 0 Å². The molecule has 1 N–H and O–H groups in total. The Morgan fingerprint density at radius 3 is 2.76 bits per heavy atom. The molecule has 4 rings (SSSR count). The lowest BCUT2D eigenvalue weighted by Gasteiger charge is -2.28. The number of anilines is 1. The molecule has 1 saturated carbocycles. The zero-order chi connectivity index (χ0) is 17.6. The predicted octanol–water partition coefficient (Wildman–Crippen LogP) is 2.47. The van der Waals surface area contributed by atoms with Gasteiger partial charge in [-0.1, -0.05) is 12.1 Å². The SMILES string of the molecule is Cc1cc(CN2C(=O)Nc3ccccc3S2(=O)=O)nc(CC2CC2)n1. The number of nitrogens with one attached hydrogen (secondary N) is 1. The van der Waals surface area contributed by atoms with Crippen molar-refractivity contribution in [3.63, 3.8) is 0 Å². The van der Waals surface area contributed by atoms with E-state index in [2.05, 4.69) is 15.3 Å². The van der Waals surface area contributed by atoms with Gasteiger partial charge in [-0.2, -0.15) is 0 Å². The normalized spacial score (nSPS) is 18.6. The minimum atomic E-state index is -3.91.